The van der Waals surface area contributed by atoms with Crippen LogP contribution in [0.1, 0.15) is 45.4 Å². The van der Waals surface area contributed by atoms with E-state index in [0.717, 1.165) is 75.7 Å². The molecule has 1 unspecified atom stereocenters. The Kier molecular flexibility index (Phi) is 14.6. The van der Waals surface area contributed by atoms with Gasteiger partial charge in [0, 0.05) is 30.2 Å². The molecule has 1 fully saturated rings. The van der Waals surface area contributed by atoms with Gasteiger partial charge in [-0.1, -0.05) is 32.6 Å². The van der Waals surface area contributed by atoms with Crippen LogP contribution in [0, 0.1) is 0 Å². The van der Waals surface area contributed by atoms with E-state index in [1.807, 2.05) is 24.3 Å². The molecule has 5 N–H and O–H groups in total. The molecule has 8 heteroatoms. The zero-order chi connectivity index (χ0) is 21.3. The molecule has 2 rings (SSSR count). The van der Waals surface area contributed by atoms with Crippen LogP contribution in [0.4, 0.5) is 5.69 Å². The summed E-state index contributed by atoms with van der Waals surface area (Å²) in [5.74, 6) is 2.79. The second kappa shape index (κ2) is 16.5. The number of hydrogen-bond donors (Lipinski definition) is 4. The van der Waals surface area contributed by atoms with Gasteiger partial charge < -0.3 is 20.4 Å². The van der Waals surface area contributed by atoms with Crippen LogP contribution in [0.25, 0.3) is 0 Å². The van der Waals surface area contributed by atoms with E-state index < -0.39 is 5.97 Å². The third kappa shape index (κ3) is 11.4. The lowest BCUT2D eigenvalue weighted by atomic mass is 10.1. The fourth-order valence-electron chi connectivity index (χ4n) is 3.17. The maximum atomic E-state index is 11.5. The summed E-state index contributed by atoms with van der Waals surface area (Å²) < 4.78 is 5.37. The van der Waals surface area contributed by atoms with Gasteiger partial charge in [-0.3, -0.25) is 9.69 Å². The van der Waals surface area contributed by atoms with Crippen molar-refractivity contribution in [2.75, 3.05) is 44.7 Å². The Bertz CT molecular complexity index is 539. The first-order valence-corrected chi connectivity index (χ1v) is 11.4. The molecule has 1 aliphatic heterocycles. The molecule has 1 aliphatic rings. The van der Waals surface area contributed by atoms with Crippen LogP contribution in [0.2, 0.25) is 0 Å². The maximum Gasteiger partial charge on any atom is 0.316 e. The van der Waals surface area contributed by atoms with Gasteiger partial charge in [-0.15, -0.1) is 11.8 Å². The molecule has 1 aromatic rings. The molecule has 0 aliphatic carbocycles. The minimum atomic E-state index is -0.707. The van der Waals surface area contributed by atoms with Crippen molar-refractivity contribution in [1.82, 2.24) is 4.90 Å². The van der Waals surface area contributed by atoms with Crippen LogP contribution in [-0.4, -0.2) is 65.8 Å². The normalized spacial score (nSPS) is 15.3. The molecule has 1 saturated heterocycles. The molecule has 0 aromatic heterocycles. The molecule has 1 aromatic carbocycles. The van der Waals surface area contributed by atoms with Crippen molar-refractivity contribution in [2.45, 2.75) is 55.6 Å². The van der Waals surface area contributed by atoms with E-state index in [4.69, 9.17) is 9.94 Å². The molecule has 0 radical (unpaired) electrons. The van der Waals surface area contributed by atoms with E-state index in [-0.39, 0.29) is 5.25 Å². The summed E-state index contributed by atoms with van der Waals surface area (Å²) in [6.07, 6.45) is 6.31. The predicted octanol–water partition coefficient (Wildman–Crippen LogP) is 3.67. The highest BCUT2D eigenvalue weighted by atomic mass is 32.2. The van der Waals surface area contributed by atoms with E-state index in [1.54, 1.807) is 0 Å². The number of carboxylic acids is 1. The van der Waals surface area contributed by atoms with Crippen molar-refractivity contribution in [1.29, 1.82) is 0 Å². The first-order valence-electron chi connectivity index (χ1n) is 10.5. The first kappa shape index (κ1) is 25.7. The number of anilines is 1. The molecule has 1 atom stereocenters. The number of thioether (sulfide) groups is 1. The number of ether oxygens (including phenoxy) is 1. The van der Waals surface area contributed by atoms with Gasteiger partial charge in [0.15, 0.2) is 0 Å². The molecular formula is C21H37N3O4S. The van der Waals surface area contributed by atoms with E-state index in [2.05, 4.69) is 23.0 Å². The number of morpholine rings is 1. The number of nitrogens with one attached hydrogen (secondary N) is 1. The zero-order valence-corrected chi connectivity index (χ0v) is 18.3. The summed E-state index contributed by atoms with van der Waals surface area (Å²) in [4.78, 5) is 15.0. The van der Waals surface area contributed by atoms with Crippen molar-refractivity contribution < 1.29 is 19.8 Å². The standard InChI is InChI=1S/C21H34N2O3S.H3NO/c1-2-3-4-5-7-20(21(24)25)27-19-10-8-18(9-11-19)22-12-6-13-23-14-16-26-17-15-23;1-2/h8-11,20,22H,2-7,12-17H2,1H3,(H,24,25);2H,1H2. The van der Waals surface area contributed by atoms with E-state index in [1.165, 1.54) is 24.6 Å². The molecule has 0 amide bonds. The smallest absolute Gasteiger partial charge is 0.316 e. The largest absolute Gasteiger partial charge is 0.480 e. The molecule has 0 spiro atoms. The van der Waals surface area contributed by atoms with E-state index in [9.17, 15) is 9.90 Å². The van der Waals surface area contributed by atoms with Crippen LogP contribution in [0.15, 0.2) is 29.2 Å². The van der Waals surface area contributed by atoms with Crippen LogP contribution in [0.3, 0.4) is 0 Å². The van der Waals surface area contributed by atoms with Crippen LogP contribution in [-0.2, 0) is 9.53 Å². The lowest BCUT2D eigenvalue weighted by molar-refractivity contribution is -0.136. The number of unbranched alkanes of at least 4 members (excludes halogenated alkanes) is 3. The lowest BCUT2D eigenvalue weighted by Gasteiger charge is -2.26. The number of carboxylic acid groups (broad SMARTS) is 1. The molecule has 29 heavy (non-hydrogen) atoms. The third-order valence-electron chi connectivity index (χ3n) is 4.81. The number of nitrogens with two attached hydrogens (primary N) is 1. The number of nitrogens with zero attached hydrogens (tertiary/aromatic N) is 1. The van der Waals surface area contributed by atoms with Gasteiger partial charge in [-0.25, -0.2) is 5.90 Å². The van der Waals surface area contributed by atoms with Gasteiger partial charge >= 0.3 is 5.97 Å². The Morgan fingerprint density at radius 2 is 1.86 bits per heavy atom. The Balaban J connectivity index is 0.00000204. The highest BCUT2D eigenvalue weighted by Gasteiger charge is 2.18. The molecule has 166 valence electrons. The fraction of sp³-hybridized carbons (Fsp3) is 0.667. The number of rotatable bonds is 13. The van der Waals surface area contributed by atoms with E-state index in [0.29, 0.717) is 0 Å². The summed E-state index contributed by atoms with van der Waals surface area (Å²) >= 11 is 1.46. The fourth-order valence-corrected chi connectivity index (χ4v) is 4.17. The molecule has 0 saturated carbocycles. The number of hydrogen-bond acceptors (Lipinski definition) is 7. The summed E-state index contributed by atoms with van der Waals surface area (Å²) in [5, 5.41) is 19.1. The third-order valence-corrected chi connectivity index (χ3v) is 6.08. The quantitative estimate of drug-likeness (QED) is 0.215. The van der Waals surface area contributed by atoms with Gasteiger partial charge in [-0.2, -0.15) is 0 Å². The molecular weight excluding hydrogens is 390 g/mol. The topological polar surface area (TPSA) is 108 Å². The summed E-state index contributed by atoms with van der Waals surface area (Å²) in [5.41, 5.74) is 1.09. The average molecular weight is 428 g/mol. The van der Waals surface area contributed by atoms with Gasteiger partial charge in [0.05, 0.1) is 13.2 Å². The zero-order valence-electron chi connectivity index (χ0n) is 17.5. The Morgan fingerprint density at radius 3 is 2.48 bits per heavy atom. The Labute approximate surface area is 178 Å². The Morgan fingerprint density at radius 1 is 1.17 bits per heavy atom. The number of carbonyl (C=O) groups is 1. The summed E-state index contributed by atoms with van der Waals surface area (Å²) in [6.45, 7) is 7.98. The Hall–Kier alpha value is -1.32. The van der Waals surface area contributed by atoms with Crippen molar-refractivity contribution in [3.8, 4) is 0 Å². The first-order chi connectivity index (χ1) is 14.2. The minimum absolute atomic E-state index is 0.353. The van der Waals surface area contributed by atoms with Gasteiger partial charge in [0.2, 0.25) is 0 Å². The number of benzene rings is 1. The summed E-state index contributed by atoms with van der Waals surface area (Å²) in [7, 11) is 0. The average Bonchev–Trinajstić information content (AvgIpc) is 2.76. The highest BCUT2D eigenvalue weighted by Crippen LogP contribution is 2.28. The van der Waals surface area contributed by atoms with Crippen LogP contribution in [0.5, 0.6) is 0 Å². The highest BCUT2D eigenvalue weighted by molar-refractivity contribution is 8.00. The molecule has 7 nitrogen and oxygen atoms in total. The maximum absolute atomic E-state index is 11.5. The lowest BCUT2D eigenvalue weighted by Crippen LogP contribution is -2.37. The molecule has 1 heterocycles. The van der Waals surface area contributed by atoms with Crippen LogP contribution < -0.4 is 11.2 Å². The van der Waals surface area contributed by atoms with Crippen molar-refractivity contribution in [2.24, 2.45) is 5.90 Å². The van der Waals surface area contributed by atoms with Gasteiger partial charge in [0.25, 0.3) is 0 Å². The predicted molar refractivity (Wildman–Crippen MR) is 119 cm³/mol. The SMILES string of the molecule is CCCCCCC(Sc1ccc(NCCCN2CCOCC2)cc1)C(=O)O.NO. The number of aliphatic carboxylic acids is 1. The second-order valence-electron chi connectivity index (χ2n) is 7.05. The second-order valence-corrected chi connectivity index (χ2v) is 8.33. The monoisotopic (exact) mass is 427 g/mol. The van der Waals surface area contributed by atoms with Crippen molar-refractivity contribution in [3.63, 3.8) is 0 Å². The van der Waals surface area contributed by atoms with Crippen LogP contribution >= 0.6 is 11.8 Å². The molecule has 0 bridgehead atoms. The summed E-state index contributed by atoms with van der Waals surface area (Å²) in [6, 6.07) is 8.15. The van der Waals surface area contributed by atoms with Gasteiger partial charge in [0.1, 0.15) is 5.25 Å². The van der Waals surface area contributed by atoms with Gasteiger partial charge in [-0.05, 0) is 43.7 Å². The van der Waals surface area contributed by atoms with Crippen molar-refractivity contribution >= 4 is 23.4 Å². The van der Waals surface area contributed by atoms with Crippen molar-refractivity contribution in [3.05, 3.63) is 24.3 Å². The van der Waals surface area contributed by atoms with E-state index >= 15 is 0 Å². The minimum Gasteiger partial charge on any atom is -0.480 e.